The van der Waals surface area contributed by atoms with Gasteiger partial charge in [-0.05, 0) is 48.5 Å². The van der Waals surface area contributed by atoms with Gasteiger partial charge in [-0.1, -0.05) is 77.8 Å². The second-order valence-electron chi connectivity index (χ2n) is 7.36. The van der Waals surface area contributed by atoms with Gasteiger partial charge in [-0.2, -0.15) is 0 Å². The summed E-state index contributed by atoms with van der Waals surface area (Å²) in [5.41, 5.74) is 0.475. The Kier molecular flexibility index (Phi) is 7.60. The van der Waals surface area contributed by atoms with E-state index in [2.05, 4.69) is 5.32 Å². The monoisotopic (exact) mass is 526 g/mol. The first-order chi connectivity index (χ1) is 16.9. The Bertz CT molecular complexity index is 1430. The Morgan fingerprint density at radius 2 is 1.43 bits per heavy atom. The summed E-state index contributed by atoms with van der Waals surface area (Å²) in [5.74, 6) is 0.406. The van der Waals surface area contributed by atoms with E-state index in [1.54, 1.807) is 60.7 Å². The van der Waals surface area contributed by atoms with Crippen molar-refractivity contribution < 1.29 is 17.9 Å². The number of anilines is 2. The summed E-state index contributed by atoms with van der Waals surface area (Å²) in [5, 5.41) is 2.93. The maximum Gasteiger partial charge on any atom is 0.264 e. The van der Waals surface area contributed by atoms with Gasteiger partial charge in [-0.25, -0.2) is 8.42 Å². The molecule has 0 atom stereocenters. The zero-order valence-electron chi connectivity index (χ0n) is 18.3. The molecule has 9 heteroatoms. The summed E-state index contributed by atoms with van der Waals surface area (Å²) in [6.07, 6.45) is 0. The van der Waals surface area contributed by atoms with Crippen molar-refractivity contribution in [1.29, 1.82) is 0 Å². The molecule has 0 aliphatic heterocycles. The van der Waals surface area contributed by atoms with E-state index in [0.29, 0.717) is 17.2 Å². The van der Waals surface area contributed by atoms with Crippen LogP contribution in [0.1, 0.15) is 0 Å². The third-order valence-corrected chi connectivity index (χ3v) is 7.53. The number of nitrogens with zero attached hydrogens (tertiary/aromatic N) is 1. The minimum Gasteiger partial charge on any atom is -0.455 e. The average molecular weight is 527 g/mol. The molecule has 0 bridgehead atoms. The zero-order chi connectivity index (χ0) is 24.8. The predicted molar refractivity (Wildman–Crippen MR) is 139 cm³/mol. The van der Waals surface area contributed by atoms with Crippen molar-refractivity contribution in [3.05, 3.63) is 113 Å². The molecule has 1 amide bonds. The second-order valence-corrected chi connectivity index (χ2v) is 10.0. The van der Waals surface area contributed by atoms with Crippen LogP contribution in [0.3, 0.4) is 0 Å². The quantitative estimate of drug-likeness (QED) is 0.280. The molecule has 178 valence electrons. The second kappa shape index (κ2) is 10.8. The molecule has 1 N–H and O–H groups in total. The highest BCUT2D eigenvalue weighted by Crippen LogP contribution is 2.35. The number of hydrogen-bond donors (Lipinski definition) is 1. The van der Waals surface area contributed by atoms with Crippen molar-refractivity contribution in [2.75, 3.05) is 16.2 Å². The van der Waals surface area contributed by atoms with Crippen LogP contribution in [-0.2, 0) is 14.8 Å². The summed E-state index contributed by atoms with van der Waals surface area (Å²) >= 11 is 12.5. The SMILES string of the molecule is O=C(CN(c1cccc(Cl)c1Cl)S(=O)(=O)c1ccccc1)Nc1ccccc1Oc1ccccc1. The summed E-state index contributed by atoms with van der Waals surface area (Å²) in [4.78, 5) is 13.1. The van der Waals surface area contributed by atoms with Crippen molar-refractivity contribution in [2.24, 2.45) is 0 Å². The molecule has 0 fully saturated rings. The molecule has 4 aromatic rings. The highest BCUT2D eigenvalue weighted by atomic mass is 35.5. The molecule has 0 aromatic heterocycles. The number of ether oxygens (including phenoxy) is 1. The summed E-state index contributed by atoms with van der Waals surface area (Å²) < 4.78 is 33.8. The van der Waals surface area contributed by atoms with Crippen LogP contribution in [0.15, 0.2) is 108 Å². The van der Waals surface area contributed by atoms with Crippen molar-refractivity contribution in [2.45, 2.75) is 4.90 Å². The van der Waals surface area contributed by atoms with Gasteiger partial charge in [0.25, 0.3) is 10.0 Å². The standard InChI is InChI=1S/C26H20Cl2N2O4S/c27-21-14-9-16-23(26(21)28)30(35(32,33)20-12-5-2-6-13-20)18-25(31)29-22-15-7-8-17-24(22)34-19-10-3-1-4-11-19/h1-17H,18H2,(H,29,31). The lowest BCUT2D eigenvalue weighted by Crippen LogP contribution is -2.38. The molecule has 0 aliphatic rings. The molecule has 0 aliphatic carbocycles. The molecular weight excluding hydrogens is 507 g/mol. The van der Waals surface area contributed by atoms with E-state index in [4.69, 9.17) is 27.9 Å². The molecule has 0 saturated carbocycles. The Labute approximate surface area is 213 Å². The first kappa shape index (κ1) is 24.6. The number of nitrogens with one attached hydrogen (secondary N) is 1. The van der Waals surface area contributed by atoms with Crippen molar-refractivity contribution in [3.8, 4) is 11.5 Å². The number of amides is 1. The van der Waals surface area contributed by atoms with Crippen molar-refractivity contribution >= 4 is 50.5 Å². The van der Waals surface area contributed by atoms with Gasteiger partial charge in [0.05, 0.1) is 26.3 Å². The van der Waals surface area contributed by atoms with E-state index in [-0.39, 0.29) is 20.6 Å². The molecule has 6 nitrogen and oxygen atoms in total. The minimum absolute atomic E-state index is 0.0108. The van der Waals surface area contributed by atoms with E-state index in [9.17, 15) is 13.2 Å². The maximum atomic E-state index is 13.5. The zero-order valence-corrected chi connectivity index (χ0v) is 20.6. The van der Waals surface area contributed by atoms with E-state index >= 15 is 0 Å². The molecule has 4 aromatic carbocycles. The van der Waals surface area contributed by atoms with E-state index in [1.807, 2.05) is 18.2 Å². The van der Waals surface area contributed by atoms with Gasteiger partial charge in [0.1, 0.15) is 12.3 Å². The number of para-hydroxylation sites is 3. The molecule has 35 heavy (non-hydrogen) atoms. The van der Waals surface area contributed by atoms with Crippen LogP contribution < -0.4 is 14.4 Å². The van der Waals surface area contributed by atoms with Crippen LogP contribution >= 0.6 is 23.2 Å². The highest BCUT2D eigenvalue weighted by molar-refractivity contribution is 7.92. The smallest absolute Gasteiger partial charge is 0.264 e. The molecule has 0 spiro atoms. The van der Waals surface area contributed by atoms with E-state index < -0.39 is 22.5 Å². The lowest BCUT2D eigenvalue weighted by atomic mass is 10.2. The number of rotatable bonds is 8. The number of benzene rings is 4. The van der Waals surface area contributed by atoms with Crippen LogP contribution in [0.2, 0.25) is 10.0 Å². The third kappa shape index (κ3) is 5.77. The van der Waals surface area contributed by atoms with Crippen LogP contribution in [0, 0.1) is 0 Å². The number of sulfonamides is 1. The molecule has 0 radical (unpaired) electrons. The molecule has 0 unspecified atom stereocenters. The topological polar surface area (TPSA) is 75.7 Å². The summed E-state index contributed by atoms with van der Waals surface area (Å²) in [6.45, 7) is -0.545. The number of hydrogen-bond acceptors (Lipinski definition) is 4. The van der Waals surface area contributed by atoms with Crippen LogP contribution in [-0.4, -0.2) is 20.9 Å². The number of carbonyl (C=O) groups is 1. The highest BCUT2D eigenvalue weighted by Gasteiger charge is 2.29. The fraction of sp³-hybridized carbons (Fsp3) is 0.0385. The fourth-order valence-corrected chi connectivity index (χ4v) is 5.20. The Hall–Kier alpha value is -3.52. The largest absolute Gasteiger partial charge is 0.455 e. The molecule has 4 rings (SSSR count). The molecular formula is C26H20Cl2N2O4S. The summed E-state index contributed by atoms with van der Waals surface area (Å²) in [6, 6.07) is 28.4. The normalized spacial score (nSPS) is 11.0. The predicted octanol–water partition coefficient (Wildman–Crippen LogP) is 6.62. The Balaban J connectivity index is 1.65. The Morgan fingerprint density at radius 3 is 2.14 bits per heavy atom. The number of halogens is 2. The van der Waals surface area contributed by atoms with Crippen LogP contribution in [0.5, 0.6) is 11.5 Å². The van der Waals surface area contributed by atoms with Crippen LogP contribution in [0.25, 0.3) is 0 Å². The minimum atomic E-state index is -4.14. The van der Waals surface area contributed by atoms with Gasteiger partial charge in [-0.3, -0.25) is 9.10 Å². The molecule has 0 saturated heterocycles. The van der Waals surface area contributed by atoms with Crippen LogP contribution in [0.4, 0.5) is 11.4 Å². The van der Waals surface area contributed by atoms with Gasteiger partial charge in [0.15, 0.2) is 5.75 Å². The number of carbonyl (C=O) groups excluding carboxylic acids is 1. The molecule has 0 heterocycles. The van der Waals surface area contributed by atoms with Gasteiger partial charge >= 0.3 is 0 Å². The lowest BCUT2D eigenvalue weighted by Gasteiger charge is -2.25. The maximum absolute atomic E-state index is 13.5. The van der Waals surface area contributed by atoms with Gasteiger partial charge in [0.2, 0.25) is 5.91 Å². The van der Waals surface area contributed by atoms with Crippen molar-refractivity contribution in [3.63, 3.8) is 0 Å². The van der Waals surface area contributed by atoms with Gasteiger partial charge in [-0.15, -0.1) is 0 Å². The first-order valence-electron chi connectivity index (χ1n) is 10.5. The van der Waals surface area contributed by atoms with Gasteiger partial charge < -0.3 is 10.1 Å². The van der Waals surface area contributed by atoms with Crippen molar-refractivity contribution in [1.82, 2.24) is 0 Å². The van der Waals surface area contributed by atoms with E-state index in [0.717, 1.165) is 4.31 Å². The average Bonchev–Trinajstić information content (AvgIpc) is 2.87. The first-order valence-corrected chi connectivity index (χ1v) is 12.7. The van der Waals surface area contributed by atoms with E-state index in [1.165, 1.54) is 24.3 Å². The lowest BCUT2D eigenvalue weighted by molar-refractivity contribution is -0.114. The third-order valence-electron chi connectivity index (χ3n) is 4.95. The fourth-order valence-electron chi connectivity index (χ4n) is 3.30. The summed E-state index contributed by atoms with van der Waals surface area (Å²) in [7, 11) is -4.14. The Morgan fingerprint density at radius 1 is 0.800 bits per heavy atom. The van der Waals surface area contributed by atoms with Gasteiger partial charge in [0, 0.05) is 0 Å².